The highest BCUT2D eigenvalue weighted by atomic mass is 16.2. The minimum Gasteiger partial charge on any atom is -0.355 e. The maximum atomic E-state index is 11.6. The molecule has 2 unspecified atom stereocenters. The van der Waals surface area contributed by atoms with Crippen LogP contribution in [0.5, 0.6) is 0 Å². The Morgan fingerprint density at radius 1 is 1.50 bits per heavy atom. The topological polar surface area (TPSA) is 44.4 Å². The first-order valence-electron chi connectivity index (χ1n) is 6.18. The molecule has 94 valence electrons. The molecule has 1 amide bonds. The van der Waals surface area contributed by atoms with E-state index in [1.165, 1.54) is 0 Å². The molecule has 1 heterocycles. The summed E-state index contributed by atoms with van der Waals surface area (Å²) >= 11 is 0. The minimum absolute atomic E-state index is 0.135. The van der Waals surface area contributed by atoms with Gasteiger partial charge in [-0.3, -0.25) is 9.69 Å². The van der Waals surface area contributed by atoms with E-state index in [9.17, 15) is 4.79 Å². The van der Waals surface area contributed by atoms with Crippen LogP contribution in [0.25, 0.3) is 0 Å². The number of hydrogen-bond donors (Lipinski definition) is 2. The lowest BCUT2D eigenvalue weighted by molar-refractivity contribution is -0.122. The van der Waals surface area contributed by atoms with E-state index in [2.05, 4.69) is 36.3 Å². The van der Waals surface area contributed by atoms with E-state index in [1.54, 1.807) is 0 Å². The van der Waals surface area contributed by atoms with Gasteiger partial charge in [0.15, 0.2) is 0 Å². The van der Waals surface area contributed by atoms with Crippen LogP contribution in [-0.4, -0.2) is 50.1 Å². The van der Waals surface area contributed by atoms with E-state index in [0.717, 1.165) is 19.6 Å². The number of carbonyl (C=O) groups is 1. The Morgan fingerprint density at radius 2 is 2.19 bits per heavy atom. The highest BCUT2D eigenvalue weighted by Gasteiger charge is 2.27. The van der Waals surface area contributed by atoms with Crippen molar-refractivity contribution >= 4 is 5.91 Å². The van der Waals surface area contributed by atoms with Crippen molar-refractivity contribution in [3.63, 3.8) is 0 Å². The number of hydrogen-bond acceptors (Lipinski definition) is 3. The molecule has 1 fully saturated rings. The van der Waals surface area contributed by atoms with Gasteiger partial charge in [0.2, 0.25) is 5.91 Å². The van der Waals surface area contributed by atoms with Crippen LogP contribution < -0.4 is 10.6 Å². The van der Waals surface area contributed by atoms with Crippen LogP contribution >= 0.6 is 0 Å². The first-order valence-corrected chi connectivity index (χ1v) is 6.18. The van der Waals surface area contributed by atoms with Crippen LogP contribution in [0.1, 0.15) is 20.8 Å². The second-order valence-corrected chi connectivity index (χ2v) is 5.32. The Balaban J connectivity index is 2.27. The van der Waals surface area contributed by atoms with Gasteiger partial charge < -0.3 is 10.6 Å². The molecule has 0 spiro atoms. The molecule has 4 nitrogen and oxygen atoms in total. The first kappa shape index (κ1) is 13.5. The predicted molar refractivity (Wildman–Crippen MR) is 66.3 cm³/mol. The van der Waals surface area contributed by atoms with Crippen molar-refractivity contribution in [3.05, 3.63) is 0 Å². The lowest BCUT2D eigenvalue weighted by Gasteiger charge is -2.26. The molecular weight excluding hydrogens is 202 g/mol. The quantitative estimate of drug-likeness (QED) is 0.710. The molecular formula is C12H25N3O. The van der Waals surface area contributed by atoms with Crippen molar-refractivity contribution in [2.45, 2.75) is 26.8 Å². The fraction of sp³-hybridized carbons (Fsp3) is 0.917. The van der Waals surface area contributed by atoms with Gasteiger partial charge >= 0.3 is 0 Å². The molecule has 0 saturated carbocycles. The van der Waals surface area contributed by atoms with E-state index in [4.69, 9.17) is 0 Å². The third-order valence-corrected chi connectivity index (χ3v) is 3.14. The molecule has 1 saturated heterocycles. The Labute approximate surface area is 98.8 Å². The van der Waals surface area contributed by atoms with Crippen LogP contribution in [-0.2, 0) is 4.79 Å². The van der Waals surface area contributed by atoms with Gasteiger partial charge in [-0.25, -0.2) is 0 Å². The fourth-order valence-electron chi connectivity index (χ4n) is 2.10. The van der Waals surface area contributed by atoms with Crippen LogP contribution in [0.15, 0.2) is 0 Å². The van der Waals surface area contributed by atoms with Crippen molar-refractivity contribution in [1.29, 1.82) is 0 Å². The summed E-state index contributed by atoms with van der Waals surface area (Å²) in [6, 6.07) is 0.491. The van der Waals surface area contributed by atoms with Crippen LogP contribution in [0.3, 0.4) is 0 Å². The summed E-state index contributed by atoms with van der Waals surface area (Å²) in [6.07, 6.45) is 0. The average molecular weight is 227 g/mol. The molecule has 1 rings (SSSR count). The maximum absolute atomic E-state index is 11.6. The summed E-state index contributed by atoms with van der Waals surface area (Å²) in [6.45, 7) is 9.76. The summed E-state index contributed by atoms with van der Waals surface area (Å²) < 4.78 is 0. The Hall–Kier alpha value is -0.610. The SMILES string of the molecule is CC(C)CNC(=O)CN(C)C1CNCC1C. The van der Waals surface area contributed by atoms with Crippen molar-refractivity contribution in [1.82, 2.24) is 15.5 Å². The molecule has 4 heteroatoms. The molecule has 0 aromatic heterocycles. The van der Waals surface area contributed by atoms with Gasteiger partial charge in [-0.1, -0.05) is 20.8 Å². The highest BCUT2D eigenvalue weighted by molar-refractivity contribution is 5.78. The van der Waals surface area contributed by atoms with Crippen LogP contribution in [0.2, 0.25) is 0 Å². The van der Waals surface area contributed by atoms with E-state index >= 15 is 0 Å². The molecule has 2 atom stereocenters. The van der Waals surface area contributed by atoms with Crippen LogP contribution in [0, 0.1) is 11.8 Å². The van der Waals surface area contributed by atoms with E-state index in [0.29, 0.717) is 24.4 Å². The normalized spacial score (nSPS) is 25.4. The summed E-state index contributed by atoms with van der Waals surface area (Å²) in [7, 11) is 2.03. The standard InChI is InChI=1S/C12H25N3O/c1-9(2)5-14-12(16)8-15(4)11-7-13-6-10(11)3/h9-11,13H,5-8H2,1-4H3,(H,14,16). The zero-order valence-corrected chi connectivity index (χ0v) is 10.9. The number of nitrogens with zero attached hydrogens (tertiary/aromatic N) is 1. The summed E-state index contributed by atoms with van der Waals surface area (Å²) in [5.41, 5.74) is 0. The molecule has 0 aromatic rings. The lowest BCUT2D eigenvalue weighted by atomic mass is 10.1. The Bertz CT molecular complexity index is 230. The summed E-state index contributed by atoms with van der Waals surface area (Å²) in [5.74, 6) is 1.28. The molecule has 0 aliphatic carbocycles. The van der Waals surface area contributed by atoms with Gasteiger partial charge in [0, 0.05) is 19.1 Å². The third-order valence-electron chi connectivity index (χ3n) is 3.14. The smallest absolute Gasteiger partial charge is 0.234 e. The molecule has 2 N–H and O–H groups in total. The van der Waals surface area contributed by atoms with Crippen LogP contribution in [0.4, 0.5) is 0 Å². The monoisotopic (exact) mass is 227 g/mol. The van der Waals surface area contributed by atoms with Gasteiger partial charge in [0.1, 0.15) is 0 Å². The van der Waals surface area contributed by atoms with Gasteiger partial charge in [-0.15, -0.1) is 0 Å². The lowest BCUT2D eigenvalue weighted by Crippen LogP contribution is -2.44. The highest BCUT2D eigenvalue weighted by Crippen LogP contribution is 2.13. The molecule has 1 aliphatic heterocycles. The average Bonchev–Trinajstić information content (AvgIpc) is 2.61. The van der Waals surface area contributed by atoms with Gasteiger partial charge in [-0.2, -0.15) is 0 Å². The van der Waals surface area contributed by atoms with Gasteiger partial charge in [0.05, 0.1) is 6.54 Å². The van der Waals surface area contributed by atoms with Gasteiger partial charge in [-0.05, 0) is 25.4 Å². The predicted octanol–water partition coefficient (Wildman–Crippen LogP) is 0.298. The summed E-state index contributed by atoms with van der Waals surface area (Å²) in [5, 5.41) is 6.30. The molecule has 0 radical (unpaired) electrons. The van der Waals surface area contributed by atoms with Crippen molar-refractivity contribution in [3.8, 4) is 0 Å². The maximum Gasteiger partial charge on any atom is 0.234 e. The second kappa shape index (κ2) is 6.21. The number of likely N-dealkylation sites (N-methyl/N-ethyl adjacent to an activating group) is 1. The second-order valence-electron chi connectivity index (χ2n) is 5.32. The molecule has 0 aromatic carbocycles. The van der Waals surface area contributed by atoms with Crippen molar-refractivity contribution in [2.75, 3.05) is 33.2 Å². The number of amides is 1. The largest absolute Gasteiger partial charge is 0.355 e. The number of nitrogens with one attached hydrogen (secondary N) is 2. The molecule has 0 bridgehead atoms. The molecule has 16 heavy (non-hydrogen) atoms. The van der Waals surface area contributed by atoms with Crippen molar-refractivity contribution in [2.24, 2.45) is 11.8 Å². The van der Waals surface area contributed by atoms with E-state index < -0.39 is 0 Å². The van der Waals surface area contributed by atoms with Crippen molar-refractivity contribution < 1.29 is 4.79 Å². The summed E-state index contributed by atoms with van der Waals surface area (Å²) in [4.78, 5) is 13.8. The van der Waals surface area contributed by atoms with E-state index in [1.807, 2.05) is 7.05 Å². The Morgan fingerprint density at radius 3 is 2.69 bits per heavy atom. The molecule has 1 aliphatic rings. The zero-order valence-electron chi connectivity index (χ0n) is 10.9. The fourth-order valence-corrected chi connectivity index (χ4v) is 2.10. The number of carbonyl (C=O) groups excluding carboxylic acids is 1. The third kappa shape index (κ3) is 4.10. The first-order chi connectivity index (χ1) is 7.50. The minimum atomic E-state index is 0.135. The van der Waals surface area contributed by atoms with E-state index in [-0.39, 0.29) is 5.91 Å². The van der Waals surface area contributed by atoms with Gasteiger partial charge in [0.25, 0.3) is 0 Å². The number of rotatable bonds is 5. The zero-order chi connectivity index (χ0) is 12.1. The Kier molecular flexibility index (Phi) is 5.22.